The average Bonchev–Trinajstić information content (AvgIpc) is 3.08. The number of ketones is 1. The monoisotopic (exact) mass is 445 g/mol. The first-order chi connectivity index (χ1) is 14.2. The van der Waals surface area contributed by atoms with Gasteiger partial charge in [0.15, 0.2) is 10.9 Å². The van der Waals surface area contributed by atoms with Gasteiger partial charge in [0.25, 0.3) is 5.91 Å². The van der Waals surface area contributed by atoms with E-state index in [-0.39, 0.29) is 47.3 Å². The minimum atomic E-state index is -3.91. The third-order valence-corrected chi connectivity index (χ3v) is 7.12. The molecule has 156 valence electrons. The molecule has 1 aromatic carbocycles. The summed E-state index contributed by atoms with van der Waals surface area (Å²) in [6.07, 6.45) is 0.00125. The van der Waals surface area contributed by atoms with E-state index in [4.69, 9.17) is 10.5 Å². The number of nitrogens with zero attached hydrogens (tertiary/aromatic N) is 4. The van der Waals surface area contributed by atoms with Crippen LogP contribution in [-0.4, -0.2) is 42.5 Å². The highest BCUT2D eigenvalue weighted by molar-refractivity contribution is 7.89. The van der Waals surface area contributed by atoms with E-state index in [1.54, 1.807) is 6.92 Å². The highest BCUT2D eigenvalue weighted by Gasteiger charge is 2.24. The molecular formula is C19H19N5O4S2. The first kappa shape index (κ1) is 23.2. The van der Waals surface area contributed by atoms with Gasteiger partial charge in [-0.2, -0.15) is 14.8 Å². The second kappa shape index (κ2) is 10.1. The molecule has 2 rings (SSSR count). The molecule has 1 N–H and O–H groups in total. The first-order valence-corrected chi connectivity index (χ1v) is 11.1. The summed E-state index contributed by atoms with van der Waals surface area (Å²) in [5.74, 6) is -0.633. The Bertz CT molecular complexity index is 1110. The van der Waals surface area contributed by atoms with Gasteiger partial charge in [-0.1, -0.05) is 11.3 Å². The number of thiazole rings is 1. The zero-order valence-electron chi connectivity index (χ0n) is 16.4. The van der Waals surface area contributed by atoms with Crippen LogP contribution in [0.2, 0.25) is 0 Å². The molecule has 0 spiro atoms. The predicted molar refractivity (Wildman–Crippen MR) is 110 cm³/mol. The number of aryl methyl sites for hydroxylation is 1. The van der Waals surface area contributed by atoms with Crippen molar-refractivity contribution in [3.05, 3.63) is 40.4 Å². The molecular weight excluding hydrogens is 426 g/mol. The molecule has 1 amide bonds. The number of benzene rings is 1. The summed E-state index contributed by atoms with van der Waals surface area (Å²) in [5.41, 5.74) is 0.742. The van der Waals surface area contributed by atoms with E-state index in [2.05, 4.69) is 10.3 Å². The number of nitrogens with one attached hydrogen (secondary N) is 1. The van der Waals surface area contributed by atoms with Crippen LogP contribution in [0.1, 0.15) is 45.5 Å². The van der Waals surface area contributed by atoms with Gasteiger partial charge in [-0.05, 0) is 31.2 Å². The highest BCUT2D eigenvalue weighted by Crippen LogP contribution is 2.24. The Morgan fingerprint density at radius 3 is 2.17 bits per heavy atom. The molecule has 0 atom stereocenters. The number of carbonyl (C=O) groups excluding carboxylic acids is 2. The third-order valence-electron chi connectivity index (χ3n) is 4.04. The Hall–Kier alpha value is -3.12. The summed E-state index contributed by atoms with van der Waals surface area (Å²) in [4.78, 5) is 28.5. The fourth-order valence-corrected chi connectivity index (χ4v) is 4.87. The van der Waals surface area contributed by atoms with Crippen LogP contribution in [0.4, 0.5) is 5.13 Å². The Morgan fingerprint density at radius 1 is 1.13 bits per heavy atom. The summed E-state index contributed by atoms with van der Waals surface area (Å²) in [6.45, 7) is 3.05. The van der Waals surface area contributed by atoms with Crippen LogP contribution in [0.3, 0.4) is 0 Å². The van der Waals surface area contributed by atoms with Crippen LogP contribution in [0.25, 0.3) is 0 Å². The van der Waals surface area contributed by atoms with Gasteiger partial charge in [-0.25, -0.2) is 13.4 Å². The smallest absolute Gasteiger partial charge is 0.257 e. The van der Waals surface area contributed by atoms with Crippen molar-refractivity contribution >= 4 is 38.2 Å². The van der Waals surface area contributed by atoms with E-state index in [1.807, 2.05) is 12.1 Å². The van der Waals surface area contributed by atoms with E-state index in [0.29, 0.717) is 10.6 Å². The second-order valence-electron chi connectivity index (χ2n) is 6.19. The molecule has 0 saturated carbocycles. The number of hydrogen-bond acceptors (Lipinski definition) is 8. The Labute approximate surface area is 178 Å². The molecule has 0 fully saturated rings. The maximum Gasteiger partial charge on any atom is 0.257 e. The first-order valence-electron chi connectivity index (χ1n) is 8.84. The maximum absolute atomic E-state index is 12.8. The summed E-state index contributed by atoms with van der Waals surface area (Å²) < 4.78 is 26.7. The molecule has 9 nitrogen and oxygen atoms in total. The molecule has 30 heavy (non-hydrogen) atoms. The van der Waals surface area contributed by atoms with Crippen LogP contribution in [-0.2, 0) is 10.0 Å². The number of anilines is 1. The van der Waals surface area contributed by atoms with Crippen LogP contribution in [0.15, 0.2) is 29.2 Å². The standard InChI is InChI=1S/C19H19N5O4S2/c1-13-17(14(2)25)29-19(22-13)23-18(26)15-5-7-16(8-6-15)30(27,28)24(11-3-9-20)12-4-10-21/h5-8H,3-4,11-12H2,1-2H3,(H,22,23,26). The van der Waals surface area contributed by atoms with Crippen molar-refractivity contribution in [3.8, 4) is 12.1 Å². The Kier molecular flexibility index (Phi) is 7.78. The van der Waals surface area contributed by atoms with E-state index in [0.717, 1.165) is 15.6 Å². The van der Waals surface area contributed by atoms with Crippen LogP contribution in [0.5, 0.6) is 0 Å². The zero-order valence-corrected chi connectivity index (χ0v) is 18.0. The van der Waals surface area contributed by atoms with Crippen LogP contribution < -0.4 is 5.32 Å². The van der Waals surface area contributed by atoms with Gasteiger partial charge >= 0.3 is 0 Å². The largest absolute Gasteiger partial charge is 0.298 e. The predicted octanol–water partition coefficient (Wildman–Crippen LogP) is 2.72. The quantitative estimate of drug-likeness (QED) is 0.584. The molecule has 2 aromatic rings. The topological polar surface area (TPSA) is 144 Å². The second-order valence-corrected chi connectivity index (χ2v) is 9.13. The number of sulfonamides is 1. The lowest BCUT2D eigenvalue weighted by atomic mass is 10.2. The molecule has 0 bridgehead atoms. The summed E-state index contributed by atoms with van der Waals surface area (Å²) >= 11 is 1.07. The molecule has 0 aliphatic rings. The molecule has 1 heterocycles. The lowest BCUT2D eigenvalue weighted by Crippen LogP contribution is -2.32. The number of carbonyl (C=O) groups is 2. The number of hydrogen-bond donors (Lipinski definition) is 1. The number of aromatic nitrogens is 1. The zero-order chi connectivity index (χ0) is 22.3. The van der Waals surface area contributed by atoms with E-state index in [1.165, 1.54) is 31.2 Å². The number of rotatable bonds is 9. The molecule has 11 heteroatoms. The van der Waals surface area contributed by atoms with Crippen molar-refractivity contribution in [1.29, 1.82) is 10.5 Å². The van der Waals surface area contributed by atoms with Gasteiger partial charge in [0.1, 0.15) is 0 Å². The van der Waals surface area contributed by atoms with Crippen molar-refractivity contribution in [2.75, 3.05) is 18.4 Å². The molecule has 1 aromatic heterocycles. The van der Waals surface area contributed by atoms with Crippen LogP contribution >= 0.6 is 11.3 Å². The van der Waals surface area contributed by atoms with Crippen molar-refractivity contribution in [2.24, 2.45) is 0 Å². The molecule has 0 radical (unpaired) electrons. The lowest BCUT2D eigenvalue weighted by Gasteiger charge is -2.20. The van der Waals surface area contributed by atoms with E-state index < -0.39 is 15.9 Å². The Morgan fingerprint density at radius 2 is 1.70 bits per heavy atom. The van der Waals surface area contributed by atoms with Gasteiger partial charge in [0.2, 0.25) is 10.0 Å². The minimum absolute atomic E-state index is 0.000625. The number of nitriles is 2. The fraction of sp³-hybridized carbons (Fsp3) is 0.316. The third kappa shape index (κ3) is 5.48. The van der Waals surface area contributed by atoms with E-state index >= 15 is 0 Å². The molecule has 0 saturated heterocycles. The van der Waals surface area contributed by atoms with Gasteiger partial charge in [-0.15, -0.1) is 0 Å². The minimum Gasteiger partial charge on any atom is -0.298 e. The Balaban J connectivity index is 2.19. The molecule has 0 unspecified atom stereocenters. The van der Waals surface area contributed by atoms with Crippen LogP contribution in [0, 0.1) is 29.6 Å². The summed E-state index contributed by atoms with van der Waals surface area (Å²) in [6, 6.07) is 9.10. The highest BCUT2D eigenvalue weighted by atomic mass is 32.2. The van der Waals surface area contributed by atoms with Crippen molar-refractivity contribution < 1.29 is 18.0 Å². The van der Waals surface area contributed by atoms with Gasteiger partial charge in [0, 0.05) is 38.4 Å². The van der Waals surface area contributed by atoms with Crippen molar-refractivity contribution in [1.82, 2.24) is 9.29 Å². The van der Waals surface area contributed by atoms with Crippen molar-refractivity contribution in [2.45, 2.75) is 31.6 Å². The molecule has 0 aliphatic heterocycles. The molecule has 0 aliphatic carbocycles. The summed E-state index contributed by atoms with van der Waals surface area (Å²) in [5, 5.41) is 20.4. The summed E-state index contributed by atoms with van der Waals surface area (Å²) in [7, 11) is -3.91. The van der Waals surface area contributed by atoms with Gasteiger partial charge in [0.05, 0.1) is 27.6 Å². The normalized spacial score (nSPS) is 11.0. The van der Waals surface area contributed by atoms with Gasteiger partial charge in [-0.3, -0.25) is 14.9 Å². The fourth-order valence-electron chi connectivity index (χ4n) is 2.57. The van der Waals surface area contributed by atoms with Gasteiger partial charge < -0.3 is 0 Å². The van der Waals surface area contributed by atoms with E-state index in [9.17, 15) is 18.0 Å². The SMILES string of the molecule is CC(=O)c1sc(NC(=O)c2ccc(S(=O)(=O)N(CCC#N)CCC#N)cc2)nc1C. The number of Topliss-reactive ketones (excluding diaryl/α,β-unsaturated/α-hetero) is 1. The lowest BCUT2D eigenvalue weighted by molar-refractivity contribution is 0.101. The van der Waals surface area contributed by atoms with Crippen molar-refractivity contribution in [3.63, 3.8) is 0 Å². The number of amides is 1. The average molecular weight is 446 g/mol. The maximum atomic E-state index is 12.8.